The summed E-state index contributed by atoms with van der Waals surface area (Å²) in [4.78, 5) is 4.42. The summed E-state index contributed by atoms with van der Waals surface area (Å²) in [7, 11) is 0. The molecule has 0 fully saturated rings. The number of benzene rings is 1. The van der Waals surface area contributed by atoms with Crippen LogP contribution in [-0.2, 0) is 4.74 Å². The van der Waals surface area contributed by atoms with Crippen LogP contribution in [0.15, 0.2) is 36.7 Å². The minimum Gasteiger partial charge on any atom is -0.376 e. The summed E-state index contributed by atoms with van der Waals surface area (Å²) in [6, 6.07) is 8.58. The van der Waals surface area contributed by atoms with Crippen LogP contribution < -0.4 is 5.32 Å². The molecule has 2 rings (SSSR count). The molecule has 0 aliphatic heterocycles. The van der Waals surface area contributed by atoms with Crippen molar-refractivity contribution in [3.8, 4) is 0 Å². The predicted molar refractivity (Wildman–Crippen MR) is 88.4 cm³/mol. The fourth-order valence-corrected chi connectivity index (χ4v) is 2.88. The summed E-state index contributed by atoms with van der Waals surface area (Å²) in [6.45, 7) is 10.2. The lowest BCUT2D eigenvalue weighted by Gasteiger charge is -2.31. The molecule has 2 aromatic rings. The lowest BCUT2D eigenvalue weighted by atomic mass is 9.91. The van der Waals surface area contributed by atoms with Crippen LogP contribution in [0.4, 0.5) is 0 Å². The molecule has 1 N–H and O–H groups in total. The molecule has 3 heteroatoms. The largest absolute Gasteiger partial charge is 0.376 e. The second kappa shape index (κ2) is 7.53. The van der Waals surface area contributed by atoms with Gasteiger partial charge >= 0.3 is 0 Å². The molecule has 0 saturated heterocycles. The van der Waals surface area contributed by atoms with E-state index in [0.29, 0.717) is 5.92 Å². The van der Waals surface area contributed by atoms with Gasteiger partial charge in [-0.25, -0.2) is 0 Å². The topological polar surface area (TPSA) is 34.2 Å². The van der Waals surface area contributed by atoms with Crippen molar-refractivity contribution in [2.75, 3.05) is 13.2 Å². The smallest absolute Gasteiger partial charge is 0.0793 e. The fraction of sp³-hybridized carbons (Fsp3) is 0.500. The van der Waals surface area contributed by atoms with Gasteiger partial charge in [-0.05, 0) is 30.3 Å². The summed E-state index contributed by atoms with van der Waals surface area (Å²) in [5.41, 5.74) is 1.22. The van der Waals surface area contributed by atoms with Gasteiger partial charge in [0.2, 0.25) is 0 Å². The van der Waals surface area contributed by atoms with E-state index in [1.165, 1.54) is 16.3 Å². The van der Waals surface area contributed by atoms with Crippen LogP contribution in [0.3, 0.4) is 0 Å². The van der Waals surface area contributed by atoms with Crippen molar-refractivity contribution in [3.05, 3.63) is 42.2 Å². The highest BCUT2D eigenvalue weighted by molar-refractivity contribution is 5.85. The predicted octanol–water partition coefficient (Wildman–Crippen LogP) is 3.95. The zero-order valence-corrected chi connectivity index (χ0v) is 13.5. The number of rotatable bonds is 7. The molecule has 0 radical (unpaired) electrons. The van der Waals surface area contributed by atoms with Gasteiger partial charge in [0, 0.05) is 24.4 Å². The number of ether oxygens (including phenoxy) is 1. The summed E-state index contributed by atoms with van der Waals surface area (Å²) >= 11 is 0. The minimum absolute atomic E-state index is 0.141. The number of nitrogens with zero attached hydrogens (tertiary/aromatic N) is 1. The van der Waals surface area contributed by atoms with Crippen LogP contribution in [0.25, 0.3) is 10.8 Å². The highest BCUT2D eigenvalue weighted by Crippen LogP contribution is 2.29. The Balaban J connectivity index is 2.48. The van der Waals surface area contributed by atoms with Crippen molar-refractivity contribution < 1.29 is 4.74 Å². The first-order valence-electron chi connectivity index (χ1n) is 7.86. The molecule has 1 aromatic heterocycles. The average Bonchev–Trinajstić information content (AvgIpc) is 2.50. The van der Waals surface area contributed by atoms with Crippen LogP contribution in [0.1, 0.15) is 39.3 Å². The van der Waals surface area contributed by atoms with Gasteiger partial charge in [0.15, 0.2) is 0 Å². The van der Waals surface area contributed by atoms with Gasteiger partial charge < -0.3 is 10.1 Å². The maximum absolute atomic E-state index is 6.03. The standard InChI is InChI=1S/C18H26N2O/c1-5-20-17(18(13(3)4)21-6-2)16-12-19-11-14-9-7-8-10-15(14)16/h7-13,17-18,20H,5-6H2,1-4H3. The first-order chi connectivity index (χ1) is 10.2. The Labute approximate surface area is 127 Å². The first-order valence-corrected chi connectivity index (χ1v) is 7.86. The van der Waals surface area contributed by atoms with E-state index in [0.717, 1.165) is 13.2 Å². The Hall–Kier alpha value is -1.45. The van der Waals surface area contributed by atoms with E-state index in [1.807, 2.05) is 12.4 Å². The lowest BCUT2D eigenvalue weighted by molar-refractivity contribution is 0.00344. The SMILES string of the molecule is CCNC(c1cncc2ccccc12)C(OCC)C(C)C. The number of likely N-dealkylation sites (N-methyl/N-ethyl adjacent to an activating group) is 1. The van der Waals surface area contributed by atoms with Crippen molar-refractivity contribution in [2.24, 2.45) is 5.92 Å². The molecule has 0 aliphatic rings. The molecule has 2 atom stereocenters. The molecule has 0 amide bonds. The van der Waals surface area contributed by atoms with Crippen molar-refractivity contribution in [1.29, 1.82) is 0 Å². The van der Waals surface area contributed by atoms with Crippen molar-refractivity contribution in [2.45, 2.75) is 39.8 Å². The van der Waals surface area contributed by atoms with E-state index in [9.17, 15) is 0 Å². The Morgan fingerprint density at radius 2 is 1.90 bits per heavy atom. The summed E-state index contributed by atoms with van der Waals surface area (Å²) in [5, 5.41) is 6.02. The van der Waals surface area contributed by atoms with E-state index in [-0.39, 0.29) is 12.1 Å². The van der Waals surface area contributed by atoms with Crippen LogP contribution >= 0.6 is 0 Å². The molecule has 3 nitrogen and oxygen atoms in total. The molecule has 114 valence electrons. The maximum atomic E-state index is 6.03. The minimum atomic E-state index is 0.141. The number of hydrogen-bond acceptors (Lipinski definition) is 3. The third-order valence-corrected chi connectivity index (χ3v) is 3.80. The molecule has 0 saturated carbocycles. The van der Waals surface area contributed by atoms with E-state index < -0.39 is 0 Å². The molecule has 21 heavy (non-hydrogen) atoms. The molecule has 0 bridgehead atoms. The first kappa shape index (κ1) is 15.9. The Morgan fingerprint density at radius 1 is 1.14 bits per heavy atom. The van der Waals surface area contributed by atoms with Crippen molar-refractivity contribution in [1.82, 2.24) is 10.3 Å². The second-order valence-corrected chi connectivity index (χ2v) is 5.65. The highest BCUT2D eigenvalue weighted by Gasteiger charge is 2.27. The van der Waals surface area contributed by atoms with Crippen molar-refractivity contribution >= 4 is 10.8 Å². The monoisotopic (exact) mass is 286 g/mol. The number of nitrogens with one attached hydrogen (secondary N) is 1. The average molecular weight is 286 g/mol. The summed E-state index contributed by atoms with van der Waals surface area (Å²) in [6.07, 6.45) is 4.04. The van der Waals surface area contributed by atoms with Crippen molar-refractivity contribution in [3.63, 3.8) is 0 Å². The zero-order valence-electron chi connectivity index (χ0n) is 13.5. The van der Waals surface area contributed by atoms with Gasteiger partial charge in [0.25, 0.3) is 0 Å². The normalized spacial score (nSPS) is 14.5. The van der Waals surface area contributed by atoms with Crippen LogP contribution in [0.2, 0.25) is 0 Å². The number of pyridine rings is 1. The van der Waals surface area contributed by atoms with E-state index in [2.05, 4.69) is 62.3 Å². The highest BCUT2D eigenvalue weighted by atomic mass is 16.5. The maximum Gasteiger partial charge on any atom is 0.0793 e. The molecule has 0 spiro atoms. The number of fused-ring (bicyclic) bond motifs is 1. The van der Waals surface area contributed by atoms with E-state index in [4.69, 9.17) is 4.74 Å². The van der Waals surface area contributed by atoms with Crippen LogP contribution in [0, 0.1) is 5.92 Å². The molecular weight excluding hydrogens is 260 g/mol. The third-order valence-electron chi connectivity index (χ3n) is 3.80. The second-order valence-electron chi connectivity index (χ2n) is 5.65. The van der Waals surface area contributed by atoms with E-state index >= 15 is 0 Å². The molecule has 0 aliphatic carbocycles. The molecule has 1 heterocycles. The van der Waals surface area contributed by atoms with Crippen LogP contribution in [0.5, 0.6) is 0 Å². The Bertz CT molecular complexity index is 563. The van der Waals surface area contributed by atoms with E-state index in [1.54, 1.807) is 0 Å². The van der Waals surface area contributed by atoms with Gasteiger partial charge in [-0.2, -0.15) is 0 Å². The van der Waals surface area contributed by atoms with Gasteiger partial charge in [0.1, 0.15) is 0 Å². The molecular formula is C18H26N2O. The van der Waals surface area contributed by atoms with Gasteiger partial charge in [-0.15, -0.1) is 0 Å². The van der Waals surface area contributed by atoms with Crippen LogP contribution in [-0.4, -0.2) is 24.2 Å². The molecule has 1 aromatic carbocycles. The van der Waals surface area contributed by atoms with Gasteiger partial charge in [-0.1, -0.05) is 45.0 Å². The molecule has 2 unspecified atom stereocenters. The lowest BCUT2D eigenvalue weighted by Crippen LogP contribution is -2.37. The Kier molecular flexibility index (Phi) is 5.71. The summed E-state index contributed by atoms with van der Waals surface area (Å²) in [5.74, 6) is 0.438. The fourth-order valence-electron chi connectivity index (χ4n) is 2.88. The Morgan fingerprint density at radius 3 is 2.57 bits per heavy atom. The van der Waals surface area contributed by atoms with Gasteiger partial charge in [0.05, 0.1) is 12.1 Å². The van der Waals surface area contributed by atoms with Gasteiger partial charge in [-0.3, -0.25) is 4.98 Å². The third kappa shape index (κ3) is 3.60. The zero-order chi connectivity index (χ0) is 15.2. The summed E-state index contributed by atoms with van der Waals surface area (Å²) < 4.78 is 6.03. The number of aromatic nitrogens is 1. The number of hydrogen-bond donors (Lipinski definition) is 1. The quantitative estimate of drug-likeness (QED) is 0.837.